The van der Waals surface area contributed by atoms with E-state index >= 15 is 0 Å². The fourth-order valence-electron chi connectivity index (χ4n) is 2.14. The highest BCUT2D eigenvalue weighted by Crippen LogP contribution is 2.22. The van der Waals surface area contributed by atoms with Crippen molar-refractivity contribution in [2.75, 3.05) is 26.7 Å². The van der Waals surface area contributed by atoms with Crippen LogP contribution in [0.3, 0.4) is 0 Å². The van der Waals surface area contributed by atoms with Crippen LogP contribution in [-0.2, 0) is 9.59 Å². The van der Waals surface area contributed by atoms with Crippen LogP contribution in [-0.4, -0.2) is 49.4 Å². The summed E-state index contributed by atoms with van der Waals surface area (Å²) in [7, 11) is 1.72. The molecule has 5 nitrogen and oxygen atoms in total. The van der Waals surface area contributed by atoms with Crippen molar-refractivity contribution >= 4 is 11.8 Å². The number of hydrogen-bond donors (Lipinski definition) is 2. The first-order valence-corrected chi connectivity index (χ1v) is 6.59. The summed E-state index contributed by atoms with van der Waals surface area (Å²) in [6.45, 7) is 7.79. The minimum atomic E-state index is -0.448. The number of carbonyl (C=O) groups is 2. The first-order chi connectivity index (χ1) is 8.36. The standard InChI is InChI=1S/C13H25N3O2/c1-13(2,3)11(15-10(17)9-14-4)12(18)16-7-5-6-8-16/h11,14H,5-9H2,1-4H3,(H,15,17). The molecule has 1 unspecified atom stereocenters. The molecule has 1 fully saturated rings. The van der Waals surface area contributed by atoms with E-state index in [1.54, 1.807) is 7.05 Å². The minimum absolute atomic E-state index is 0.0458. The maximum Gasteiger partial charge on any atom is 0.245 e. The zero-order chi connectivity index (χ0) is 13.8. The van der Waals surface area contributed by atoms with Crippen molar-refractivity contribution in [2.45, 2.75) is 39.7 Å². The molecule has 1 atom stereocenters. The third kappa shape index (κ3) is 3.98. The van der Waals surface area contributed by atoms with Gasteiger partial charge in [0.25, 0.3) is 0 Å². The van der Waals surface area contributed by atoms with E-state index in [0.29, 0.717) is 0 Å². The number of hydrogen-bond acceptors (Lipinski definition) is 3. The lowest BCUT2D eigenvalue weighted by atomic mass is 9.85. The van der Waals surface area contributed by atoms with Crippen molar-refractivity contribution in [3.63, 3.8) is 0 Å². The van der Waals surface area contributed by atoms with Gasteiger partial charge in [-0.05, 0) is 25.3 Å². The molecule has 1 heterocycles. The molecular formula is C13H25N3O2. The second-order valence-electron chi connectivity index (χ2n) is 5.93. The van der Waals surface area contributed by atoms with Gasteiger partial charge < -0.3 is 15.5 Å². The van der Waals surface area contributed by atoms with Crippen molar-refractivity contribution in [2.24, 2.45) is 5.41 Å². The van der Waals surface area contributed by atoms with E-state index in [0.717, 1.165) is 25.9 Å². The van der Waals surface area contributed by atoms with Crippen LogP contribution in [0.15, 0.2) is 0 Å². The molecule has 0 aliphatic carbocycles. The third-order valence-electron chi connectivity index (χ3n) is 3.17. The summed E-state index contributed by atoms with van der Waals surface area (Å²) >= 11 is 0. The Bertz CT molecular complexity index is 304. The molecule has 104 valence electrons. The zero-order valence-corrected chi connectivity index (χ0v) is 11.9. The van der Waals surface area contributed by atoms with Gasteiger partial charge in [-0.3, -0.25) is 9.59 Å². The van der Waals surface area contributed by atoms with Crippen LogP contribution in [0.25, 0.3) is 0 Å². The van der Waals surface area contributed by atoms with Gasteiger partial charge in [0.1, 0.15) is 6.04 Å². The molecule has 1 aliphatic heterocycles. The summed E-state index contributed by atoms with van der Waals surface area (Å²) in [6, 6.07) is -0.448. The van der Waals surface area contributed by atoms with Crippen molar-refractivity contribution in [1.29, 1.82) is 0 Å². The fraction of sp³-hybridized carbons (Fsp3) is 0.846. The van der Waals surface area contributed by atoms with E-state index in [-0.39, 0.29) is 23.8 Å². The van der Waals surface area contributed by atoms with Gasteiger partial charge in [-0.15, -0.1) is 0 Å². The number of nitrogens with one attached hydrogen (secondary N) is 2. The van der Waals surface area contributed by atoms with E-state index in [9.17, 15) is 9.59 Å². The normalized spacial score (nSPS) is 17.7. The number of nitrogens with zero attached hydrogens (tertiary/aromatic N) is 1. The first kappa shape index (κ1) is 15.0. The average molecular weight is 255 g/mol. The summed E-state index contributed by atoms with van der Waals surface area (Å²) in [4.78, 5) is 26.0. The molecule has 0 aromatic carbocycles. The molecule has 2 N–H and O–H groups in total. The second-order valence-corrected chi connectivity index (χ2v) is 5.93. The molecule has 0 spiro atoms. The molecule has 0 aromatic heterocycles. The quantitative estimate of drug-likeness (QED) is 0.762. The number of likely N-dealkylation sites (N-methyl/N-ethyl adjacent to an activating group) is 1. The third-order valence-corrected chi connectivity index (χ3v) is 3.17. The average Bonchev–Trinajstić information content (AvgIpc) is 2.77. The van der Waals surface area contributed by atoms with E-state index < -0.39 is 6.04 Å². The van der Waals surface area contributed by atoms with E-state index in [2.05, 4.69) is 10.6 Å². The van der Waals surface area contributed by atoms with E-state index in [1.807, 2.05) is 25.7 Å². The van der Waals surface area contributed by atoms with Crippen LogP contribution in [0.2, 0.25) is 0 Å². The SMILES string of the molecule is CNCC(=O)NC(C(=O)N1CCCC1)C(C)(C)C. The fourth-order valence-corrected chi connectivity index (χ4v) is 2.14. The summed E-state index contributed by atoms with van der Waals surface area (Å²) in [5.74, 6) is -0.0885. The molecular weight excluding hydrogens is 230 g/mol. The van der Waals surface area contributed by atoms with Gasteiger partial charge in [0.15, 0.2) is 0 Å². The lowest BCUT2D eigenvalue weighted by Crippen LogP contribution is -2.55. The maximum absolute atomic E-state index is 12.4. The highest BCUT2D eigenvalue weighted by Gasteiger charge is 2.36. The predicted molar refractivity (Wildman–Crippen MR) is 71.1 cm³/mol. The molecule has 2 amide bonds. The van der Waals surface area contributed by atoms with Gasteiger partial charge in [-0.2, -0.15) is 0 Å². The predicted octanol–water partition coefficient (Wildman–Crippen LogP) is 0.359. The molecule has 1 saturated heterocycles. The van der Waals surface area contributed by atoms with Crippen molar-refractivity contribution in [3.8, 4) is 0 Å². The van der Waals surface area contributed by atoms with Crippen LogP contribution in [0, 0.1) is 5.41 Å². The Morgan fingerprint density at radius 2 is 1.78 bits per heavy atom. The molecule has 1 rings (SSSR count). The van der Waals surface area contributed by atoms with Crippen LogP contribution in [0.1, 0.15) is 33.6 Å². The van der Waals surface area contributed by atoms with Gasteiger partial charge in [-0.25, -0.2) is 0 Å². The summed E-state index contributed by atoms with van der Waals surface area (Å²) in [6.07, 6.45) is 2.13. The Kier molecular flexibility index (Phi) is 5.14. The van der Waals surface area contributed by atoms with Gasteiger partial charge in [0, 0.05) is 13.1 Å². The smallest absolute Gasteiger partial charge is 0.245 e. The Hall–Kier alpha value is -1.10. The van der Waals surface area contributed by atoms with Crippen molar-refractivity contribution in [1.82, 2.24) is 15.5 Å². The van der Waals surface area contributed by atoms with Crippen LogP contribution in [0.4, 0.5) is 0 Å². The Morgan fingerprint density at radius 3 is 2.22 bits per heavy atom. The summed E-state index contributed by atoms with van der Waals surface area (Å²) in [5, 5.41) is 5.64. The van der Waals surface area contributed by atoms with Gasteiger partial charge >= 0.3 is 0 Å². The lowest BCUT2D eigenvalue weighted by molar-refractivity contribution is -0.138. The highest BCUT2D eigenvalue weighted by atomic mass is 16.2. The van der Waals surface area contributed by atoms with Crippen molar-refractivity contribution < 1.29 is 9.59 Å². The Labute approximate surface area is 109 Å². The van der Waals surface area contributed by atoms with Crippen molar-refractivity contribution in [3.05, 3.63) is 0 Å². The number of carbonyl (C=O) groups excluding carboxylic acids is 2. The lowest BCUT2D eigenvalue weighted by Gasteiger charge is -2.33. The Balaban J connectivity index is 2.71. The molecule has 1 aliphatic rings. The molecule has 0 radical (unpaired) electrons. The van der Waals surface area contributed by atoms with Gasteiger partial charge in [0.2, 0.25) is 11.8 Å². The molecule has 18 heavy (non-hydrogen) atoms. The van der Waals surface area contributed by atoms with Crippen LogP contribution in [0.5, 0.6) is 0 Å². The van der Waals surface area contributed by atoms with Gasteiger partial charge in [0.05, 0.1) is 6.54 Å². The first-order valence-electron chi connectivity index (χ1n) is 6.59. The number of likely N-dealkylation sites (tertiary alicyclic amines) is 1. The topological polar surface area (TPSA) is 61.4 Å². The highest BCUT2D eigenvalue weighted by molar-refractivity contribution is 5.89. The molecule has 0 aromatic rings. The van der Waals surface area contributed by atoms with Gasteiger partial charge in [-0.1, -0.05) is 20.8 Å². The number of amides is 2. The van der Waals surface area contributed by atoms with Crippen LogP contribution < -0.4 is 10.6 Å². The summed E-state index contributed by atoms with van der Waals surface area (Å²) < 4.78 is 0. The molecule has 0 bridgehead atoms. The zero-order valence-electron chi connectivity index (χ0n) is 11.9. The monoisotopic (exact) mass is 255 g/mol. The van der Waals surface area contributed by atoms with E-state index in [4.69, 9.17) is 0 Å². The van der Waals surface area contributed by atoms with Crippen LogP contribution >= 0.6 is 0 Å². The second kappa shape index (κ2) is 6.18. The molecule has 5 heteroatoms. The number of rotatable bonds is 4. The largest absolute Gasteiger partial charge is 0.343 e. The molecule has 0 saturated carbocycles. The van der Waals surface area contributed by atoms with E-state index in [1.165, 1.54) is 0 Å². The Morgan fingerprint density at radius 1 is 1.22 bits per heavy atom. The minimum Gasteiger partial charge on any atom is -0.343 e. The maximum atomic E-state index is 12.4. The summed E-state index contributed by atoms with van der Waals surface area (Å²) in [5.41, 5.74) is -0.275.